The van der Waals surface area contributed by atoms with E-state index in [0.29, 0.717) is 29.5 Å². The Labute approximate surface area is 194 Å². The molecule has 0 N–H and O–H groups in total. The van der Waals surface area contributed by atoms with E-state index < -0.39 is 0 Å². The first-order valence-corrected chi connectivity index (χ1v) is 13.1. The van der Waals surface area contributed by atoms with E-state index in [0.717, 1.165) is 37.9 Å². The topological polar surface area (TPSA) is 44.7 Å². The molecule has 0 radical (unpaired) electrons. The summed E-state index contributed by atoms with van der Waals surface area (Å²) in [7, 11) is 4.11. The maximum absolute atomic E-state index is 5.51. The number of likely N-dealkylation sites (tertiary alicyclic amines) is 1. The van der Waals surface area contributed by atoms with Crippen molar-refractivity contribution in [2.24, 2.45) is 5.41 Å². The number of piperazine rings is 1. The minimum absolute atomic E-state index is 0.508. The molecule has 0 bridgehead atoms. The lowest BCUT2D eigenvalue weighted by atomic mass is 9.52. The van der Waals surface area contributed by atoms with Gasteiger partial charge in [-0.05, 0) is 88.4 Å². The van der Waals surface area contributed by atoms with Crippen molar-refractivity contribution in [3.63, 3.8) is 0 Å². The SMILES string of the molecule is CCC1CN(C)CC(CC)N1c1ncc(C2CCN([C@H]3CC4(C[C@H](OC)C4)C3)CC2)cn1. The average Bonchev–Trinajstić information content (AvgIpc) is 2.77. The predicted molar refractivity (Wildman–Crippen MR) is 129 cm³/mol. The Morgan fingerprint density at radius 1 is 0.969 bits per heavy atom. The van der Waals surface area contributed by atoms with E-state index in [9.17, 15) is 0 Å². The van der Waals surface area contributed by atoms with Crippen LogP contribution in [0.1, 0.15) is 76.7 Å². The molecule has 5 rings (SSSR count). The number of piperidine rings is 1. The Balaban J connectivity index is 1.15. The van der Waals surface area contributed by atoms with Crippen LogP contribution in [0.5, 0.6) is 0 Å². The van der Waals surface area contributed by atoms with Crippen molar-refractivity contribution in [3.05, 3.63) is 18.0 Å². The smallest absolute Gasteiger partial charge is 0.225 e. The van der Waals surface area contributed by atoms with Crippen molar-refractivity contribution in [1.82, 2.24) is 19.8 Å². The molecule has 1 aromatic rings. The molecule has 2 saturated carbocycles. The van der Waals surface area contributed by atoms with Crippen molar-refractivity contribution in [1.29, 1.82) is 0 Å². The molecule has 4 fully saturated rings. The molecule has 2 aliphatic heterocycles. The van der Waals surface area contributed by atoms with Crippen LogP contribution in [0, 0.1) is 5.41 Å². The highest BCUT2D eigenvalue weighted by molar-refractivity contribution is 5.36. The number of hydrogen-bond donors (Lipinski definition) is 0. The first kappa shape index (κ1) is 22.5. The average molecular weight is 442 g/mol. The summed E-state index contributed by atoms with van der Waals surface area (Å²) in [5, 5.41) is 0. The summed E-state index contributed by atoms with van der Waals surface area (Å²) in [6.45, 7) is 9.24. The summed E-state index contributed by atoms with van der Waals surface area (Å²) in [5.41, 5.74) is 1.98. The summed E-state index contributed by atoms with van der Waals surface area (Å²) in [4.78, 5) is 17.5. The first-order valence-electron chi connectivity index (χ1n) is 13.1. The quantitative estimate of drug-likeness (QED) is 0.667. The molecule has 0 amide bonds. The van der Waals surface area contributed by atoms with E-state index in [-0.39, 0.29) is 0 Å². The zero-order valence-corrected chi connectivity index (χ0v) is 20.7. The number of anilines is 1. The minimum atomic E-state index is 0.508. The Kier molecular flexibility index (Phi) is 6.47. The van der Waals surface area contributed by atoms with Crippen LogP contribution in [0.25, 0.3) is 0 Å². The van der Waals surface area contributed by atoms with Crippen molar-refractivity contribution < 1.29 is 4.74 Å². The number of aromatic nitrogens is 2. The third-order valence-electron chi connectivity index (χ3n) is 9.17. The molecule has 178 valence electrons. The molecule has 6 nitrogen and oxygen atoms in total. The van der Waals surface area contributed by atoms with Crippen molar-refractivity contribution in [2.75, 3.05) is 45.2 Å². The number of nitrogens with zero attached hydrogens (tertiary/aromatic N) is 5. The van der Waals surface area contributed by atoms with Gasteiger partial charge in [0.05, 0.1) is 6.10 Å². The van der Waals surface area contributed by atoms with Gasteiger partial charge < -0.3 is 19.4 Å². The summed E-state index contributed by atoms with van der Waals surface area (Å²) in [6.07, 6.45) is 15.0. The molecular weight excluding hydrogens is 398 g/mol. The fraction of sp³-hybridized carbons (Fsp3) is 0.846. The van der Waals surface area contributed by atoms with Gasteiger partial charge in [0, 0.05) is 50.7 Å². The van der Waals surface area contributed by atoms with Gasteiger partial charge in [-0.2, -0.15) is 0 Å². The van der Waals surface area contributed by atoms with Gasteiger partial charge in [-0.3, -0.25) is 0 Å². The van der Waals surface area contributed by atoms with E-state index in [1.165, 1.54) is 57.2 Å². The Hall–Kier alpha value is -1.24. The monoisotopic (exact) mass is 441 g/mol. The zero-order chi connectivity index (χ0) is 22.3. The molecule has 2 atom stereocenters. The van der Waals surface area contributed by atoms with Crippen LogP contribution in [0.3, 0.4) is 0 Å². The van der Waals surface area contributed by atoms with Gasteiger partial charge in [0.1, 0.15) is 0 Å². The van der Waals surface area contributed by atoms with Crippen molar-refractivity contribution >= 4 is 5.95 Å². The fourth-order valence-corrected chi connectivity index (χ4v) is 7.12. The summed E-state index contributed by atoms with van der Waals surface area (Å²) in [6, 6.07) is 1.84. The van der Waals surface area contributed by atoms with Crippen LogP contribution in [-0.2, 0) is 4.74 Å². The third-order valence-corrected chi connectivity index (χ3v) is 9.17. The molecular formula is C26H43N5O. The lowest BCUT2D eigenvalue weighted by molar-refractivity contribution is -0.137. The third kappa shape index (κ3) is 4.19. The standard InChI is InChI=1S/C26H43N5O/c1-5-21-17-29(3)18-22(6-2)31(21)25-27-15-20(16-28-25)19-7-9-30(10-8-19)23-11-26(12-23)13-24(14-26)32-4/h15-16,19,21-24H,5-14,17-18H2,1-4H3/t21?,22?,23-,24-,26?. The van der Waals surface area contributed by atoms with E-state index in [4.69, 9.17) is 14.7 Å². The van der Waals surface area contributed by atoms with Crippen molar-refractivity contribution in [2.45, 2.75) is 95.4 Å². The highest BCUT2D eigenvalue weighted by atomic mass is 16.5. The summed E-state index contributed by atoms with van der Waals surface area (Å²) in [5.74, 6) is 1.56. The van der Waals surface area contributed by atoms with Gasteiger partial charge >= 0.3 is 0 Å². The number of methoxy groups -OCH3 is 1. The van der Waals surface area contributed by atoms with Gasteiger partial charge in [0.25, 0.3) is 0 Å². The molecule has 3 heterocycles. The summed E-state index contributed by atoms with van der Waals surface area (Å²) >= 11 is 0. The van der Waals surface area contributed by atoms with Crippen LogP contribution >= 0.6 is 0 Å². The van der Waals surface area contributed by atoms with Crippen molar-refractivity contribution in [3.8, 4) is 0 Å². The highest BCUT2D eigenvalue weighted by Crippen LogP contribution is 2.58. The predicted octanol–water partition coefficient (Wildman–Crippen LogP) is 3.92. The van der Waals surface area contributed by atoms with Crippen LogP contribution in [0.4, 0.5) is 5.95 Å². The minimum Gasteiger partial charge on any atom is -0.381 e. The maximum Gasteiger partial charge on any atom is 0.225 e. The van der Waals surface area contributed by atoms with E-state index in [2.05, 4.69) is 48.0 Å². The molecule has 32 heavy (non-hydrogen) atoms. The molecule has 6 heteroatoms. The zero-order valence-electron chi connectivity index (χ0n) is 20.7. The van der Waals surface area contributed by atoms with Crippen LogP contribution in [0.15, 0.2) is 12.4 Å². The normalized spacial score (nSPS) is 36.8. The van der Waals surface area contributed by atoms with Gasteiger partial charge in [-0.25, -0.2) is 9.97 Å². The fourth-order valence-electron chi connectivity index (χ4n) is 7.12. The second-order valence-corrected chi connectivity index (χ2v) is 11.2. The maximum atomic E-state index is 5.51. The molecule has 0 aromatic carbocycles. The van der Waals surface area contributed by atoms with Gasteiger partial charge in [0.2, 0.25) is 5.95 Å². The molecule has 2 saturated heterocycles. The highest BCUT2D eigenvalue weighted by Gasteiger charge is 2.54. The molecule has 4 aliphatic rings. The summed E-state index contributed by atoms with van der Waals surface area (Å²) < 4.78 is 5.51. The number of rotatable bonds is 6. The number of ether oxygens (including phenoxy) is 1. The van der Waals surface area contributed by atoms with Gasteiger partial charge in [-0.1, -0.05) is 13.8 Å². The molecule has 1 aromatic heterocycles. The van der Waals surface area contributed by atoms with Crippen LogP contribution in [0.2, 0.25) is 0 Å². The Morgan fingerprint density at radius 3 is 2.09 bits per heavy atom. The van der Waals surface area contributed by atoms with Crippen LogP contribution in [-0.4, -0.2) is 84.3 Å². The lowest BCUT2D eigenvalue weighted by Gasteiger charge is -2.60. The first-order chi connectivity index (χ1) is 15.5. The second-order valence-electron chi connectivity index (χ2n) is 11.2. The Bertz CT molecular complexity index is 734. The lowest BCUT2D eigenvalue weighted by Crippen LogP contribution is -2.59. The van der Waals surface area contributed by atoms with Crippen LogP contribution < -0.4 is 4.90 Å². The number of hydrogen-bond acceptors (Lipinski definition) is 6. The van der Waals surface area contributed by atoms with E-state index in [1.54, 1.807) is 0 Å². The van der Waals surface area contributed by atoms with E-state index in [1.807, 2.05) is 7.11 Å². The van der Waals surface area contributed by atoms with Gasteiger partial charge in [0.15, 0.2) is 0 Å². The number of likely N-dealkylation sites (N-methyl/N-ethyl adjacent to an activating group) is 1. The molecule has 1 spiro atoms. The second kappa shape index (κ2) is 9.19. The van der Waals surface area contributed by atoms with Gasteiger partial charge in [-0.15, -0.1) is 0 Å². The largest absolute Gasteiger partial charge is 0.381 e. The van der Waals surface area contributed by atoms with E-state index >= 15 is 0 Å². The molecule has 2 unspecified atom stereocenters. The molecule has 2 aliphatic carbocycles. The Morgan fingerprint density at radius 2 is 1.56 bits per heavy atom.